The Hall–Kier alpha value is -2.31. The van der Waals surface area contributed by atoms with Gasteiger partial charge in [-0.25, -0.2) is 18.7 Å². The Morgan fingerprint density at radius 2 is 1.96 bits per heavy atom. The number of carbonyl (C=O) groups is 1. The summed E-state index contributed by atoms with van der Waals surface area (Å²) < 4.78 is 21.2. The number of carbonyl (C=O) groups excluding carboxylic acids is 1. The number of nitrogens with zero attached hydrogens (tertiary/aromatic N) is 3. The molecule has 3 rings (SSSR count). The molecule has 1 aliphatic rings. The van der Waals surface area contributed by atoms with Gasteiger partial charge < -0.3 is 9.88 Å². The first-order valence-electron chi connectivity index (χ1n) is 8.43. The number of hydrogen-bond donors (Lipinski definition) is 1. The minimum Gasteiger partial charge on any atom is -0.348 e. The molecule has 0 saturated heterocycles. The summed E-state index contributed by atoms with van der Waals surface area (Å²) in [5.74, 6) is -0.0704. The second-order valence-corrected chi connectivity index (χ2v) is 6.21. The van der Waals surface area contributed by atoms with Crippen molar-refractivity contribution in [3.63, 3.8) is 0 Å². The van der Waals surface area contributed by atoms with Gasteiger partial charge in [0.15, 0.2) is 0 Å². The Labute approximate surface area is 146 Å². The van der Waals surface area contributed by atoms with Crippen molar-refractivity contribution in [2.45, 2.75) is 45.1 Å². The molecule has 0 unspecified atom stereocenters. The molecule has 5 nitrogen and oxygen atoms in total. The normalized spacial score (nSPS) is 14.6. The number of rotatable bonds is 3. The molecule has 0 aromatic carbocycles. The molecule has 2 heterocycles. The molecule has 0 radical (unpaired) electrons. The van der Waals surface area contributed by atoms with Crippen LogP contribution < -0.4 is 5.32 Å². The highest BCUT2D eigenvalue weighted by Gasteiger charge is 2.18. The summed E-state index contributed by atoms with van der Waals surface area (Å²) in [5, 5.41) is 3.13. The number of hydrogen-bond acceptors (Lipinski definition) is 3. The lowest BCUT2D eigenvalue weighted by molar-refractivity contribution is 0.0922. The third-order valence-electron chi connectivity index (χ3n) is 4.22. The molecule has 7 heteroatoms. The zero-order chi connectivity index (χ0) is 18.2. The molecule has 1 fully saturated rings. The van der Waals surface area contributed by atoms with E-state index in [1.165, 1.54) is 19.3 Å². The highest BCUT2D eigenvalue weighted by Crippen LogP contribution is 2.20. The summed E-state index contributed by atoms with van der Waals surface area (Å²) in [6.07, 6.45) is 9.34. The summed E-state index contributed by atoms with van der Waals surface area (Å²) in [6.45, 7) is 0.235. The lowest BCUT2D eigenvalue weighted by atomic mass is 9.95. The van der Waals surface area contributed by atoms with E-state index in [0.717, 1.165) is 29.8 Å². The van der Waals surface area contributed by atoms with Gasteiger partial charge in [0.2, 0.25) is 6.93 Å². The van der Waals surface area contributed by atoms with E-state index < -0.39 is 6.93 Å². The van der Waals surface area contributed by atoms with Gasteiger partial charge in [-0.15, -0.1) is 0 Å². The maximum Gasteiger partial charge on any atom is 0.270 e. The lowest BCUT2D eigenvalue weighted by Gasteiger charge is -2.22. The van der Waals surface area contributed by atoms with Gasteiger partial charge in [0.1, 0.15) is 5.69 Å². The summed E-state index contributed by atoms with van der Waals surface area (Å²) in [4.78, 5) is 21.1. The fourth-order valence-corrected chi connectivity index (χ4v) is 3.03. The molecular weight excluding hydrogens is 326 g/mol. The van der Waals surface area contributed by atoms with Crippen molar-refractivity contribution in [3.05, 3.63) is 35.9 Å². The van der Waals surface area contributed by atoms with E-state index >= 15 is 0 Å². The summed E-state index contributed by atoms with van der Waals surface area (Å²) >= 11 is 0. The van der Waals surface area contributed by atoms with Crippen LogP contribution in [0, 0.1) is 6.92 Å². The van der Waals surface area contributed by atoms with Gasteiger partial charge in [-0.3, -0.25) is 4.79 Å². The van der Waals surface area contributed by atoms with Crippen molar-refractivity contribution in [1.82, 2.24) is 19.9 Å². The number of pyridine rings is 1. The van der Waals surface area contributed by atoms with Gasteiger partial charge >= 0.3 is 0 Å². The molecule has 1 amide bonds. The number of alkyl halides is 2. The molecule has 1 N–H and O–H groups in total. The van der Waals surface area contributed by atoms with E-state index in [-0.39, 0.29) is 5.91 Å². The number of imidazole rings is 1. The standard InChI is InChI=1S/C17H22N4O.CH2F2/c1-12-8-14(16-10-18-11-21(16)2)20-15(9-12)17(22)19-13-6-4-3-5-7-13;2-1-3/h8-11,13H,3-7H2,1-2H3,(H,19,22);1H2. The molecule has 0 aliphatic heterocycles. The first-order chi connectivity index (χ1) is 12.0. The van der Waals surface area contributed by atoms with Crippen LogP contribution in [0.4, 0.5) is 8.78 Å². The van der Waals surface area contributed by atoms with Crippen molar-refractivity contribution < 1.29 is 13.6 Å². The Morgan fingerprint density at radius 1 is 1.28 bits per heavy atom. The van der Waals surface area contributed by atoms with Crippen LogP contribution in [-0.4, -0.2) is 33.4 Å². The minimum absolute atomic E-state index is 0.0704. The monoisotopic (exact) mass is 350 g/mol. The van der Waals surface area contributed by atoms with Crippen LogP contribution >= 0.6 is 0 Å². The first-order valence-corrected chi connectivity index (χ1v) is 8.43. The third-order valence-corrected chi connectivity index (χ3v) is 4.22. The average molecular weight is 350 g/mol. The zero-order valence-corrected chi connectivity index (χ0v) is 14.6. The SMILES string of the molecule is Cc1cc(C(=O)NC2CCCCC2)nc(-c2cncn2C)c1.FCF. The number of nitrogens with one attached hydrogen (secondary N) is 1. The van der Waals surface area contributed by atoms with Gasteiger partial charge in [0.25, 0.3) is 5.91 Å². The zero-order valence-electron chi connectivity index (χ0n) is 14.6. The minimum atomic E-state index is -1.75. The second-order valence-electron chi connectivity index (χ2n) is 6.21. The smallest absolute Gasteiger partial charge is 0.270 e. The maximum absolute atomic E-state index is 12.5. The average Bonchev–Trinajstić information content (AvgIpc) is 3.02. The van der Waals surface area contributed by atoms with Crippen LogP contribution in [0.1, 0.15) is 48.2 Å². The number of aromatic nitrogens is 3. The number of amides is 1. The van der Waals surface area contributed by atoms with Gasteiger partial charge in [-0.2, -0.15) is 0 Å². The van der Waals surface area contributed by atoms with E-state index in [2.05, 4.69) is 15.3 Å². The van der Waals surface area contributed by atoms with Crippen LogP contribution in [-0.2, 0) is 7.05 Å². The maximum atomic E-state index is 12.5. The fourth-order valence-electron chi connectivity index (χ4n) is 3.03. The molecule has 25 heavy (non-hydrogen) atoms. The molecule has 1 aliphatic carbocycles. The predicted molar refractivity (Wildman–Crippen MR) is 92.6 cm³/mol. The predicted octanol–water partition coefficient (Wildman–Crippen LogP) is 3.74. The van der Waals surface area contributed by atoms with E-state index in [9.17, 15) is 13.6 Å². The van der Waals surface area contributed by atoms with Gasteiger partial charge in [0, 0.05) is 13.1 Å². The van der Waals surface area contributed by atoms with E-state index in [0.29, 0.717) is 11.7 Å². The molecule has 0 atom stereocenters. The number of aryl methyl sites for hydroxylation is 2. The molecule has 2 aromatic heterocycles. The van der Waals surface area contributed by atoms with Crippen molar-refractivity contribution in [2.75, 3.05) is 6.93 Å². The largest absolute Gasteiger partial charge is 0.348 e. The van der Waals surface area contributed by atoms with E-state index in [4.69, 9.17) is 0 Å². The highest BCUT2D eigenvalue weighted by molar-refractivity contribution is 5.93. The lowest BCUT2D eigenvalue weighted by Crippen LogP contribution is -2.36. The van der Waals surface area contributed by atoms with Crippen molar-refractivity contribution in [3.8, 4) is 11.4 Å². The quantitative estimate of drug-likeness (QED) is 0.917. The second kappa shape index (κ2) is 9.25. The molecule has 2 aromatic rings. The summed E-state index contributed by atoms with van der Waals surface area (Å²) in [7, 11) is 1.92. The van der Waals surface area contributed by atoms with Crippen LogP contribution in [0.25, 0.3) is 11.4 Å². The fraction of sp³-hybridized carbons (Fsp3) is 0.500. The third kappa shape index (κ3) is 5.34. The molecule has 136 valence electrons. The molecule has 1 saturated carbocycles. The van der Waals surface area contributed by atoms with Crippen molar-refractivity contribution >= 4 is 5.91 Å². The van der Waals surface area contributed by atoms with Crippen LogP contribution in [0.5, 0.6) is 0 Å². The van der Waals surface area contributed by atoms with Gasteiger partial charge in [-0.05, 0) is 37.5 Å². The van der Waals surface area contributed by atoms with Crippen molar-refractivity contribution in [1.29, 1.82) is 0 Å². The molecule has 0 spiro atoms. The van der Waals surface area contributed by atoms with Crippen LogP contribution in [0.15, 0.2) is 24.7 Å². The number of halogens is 2. The summed E-state index contributed by atoms with van der Waals surface area (Å²) in [5.41, 5.74) is 3.21. The Morgan fingerprint density at radius 3 is 2.56 bits per heavy atom. The molecule has 0 bridgehead atoms. The van der Waals surface area contributed by atoms with Gasteiger partial charge in [0.05, 0.1) is 23.9 Å². The first kappa shape index (κ1) is 19.0. The van der Waals surface area contributed by atoms with Crippen LogP contribution in [0.3, 0.4) is 0 Å². The van der Waals surface area contributed by atoms with E-state index in [1.807, 2.05) is 30.7 Å². The Kier molecular flexibility index (Phi) is 7.03. The van der Waals surface area contributed by atoms with Gasteiger partial charge in [-0.1, -0.05) is 19.3 Å². The van der Waals surface area contributed by atoms with Crippen LogP contribution in [0.2, 0.25) is 0 Å². The topological polar surface area (TPSA) is 59.8 Å². The van der Waals surface area contributed by atoms with Crippen molar-refractivity contribution in [2.24, 2.45) is 7.05 Å². The highest BCUT2D eigenvalue weighted by atomic mass is 19.3. The molecular formula is C18H24F2N4O. The Bertz CT molecular complexity index is 696. The van der Waals surface area contributed by atoms with E-state index in [1.54, 1.807) is 12.5 Å². The Balaban J connectivity index is 0.000000701. The summed E-state index contributed by atoms with van der Waals surface area (Å²) in [6, 6.07) is 4.12.